The summed E-state index contributed by atoms with van der Waals surface area (Å²) in [5, 5.41) is 0. The van der Waals surface area contributed by atoms with Gasteiger partial charge < -0.3 is 4.90 Å². The van der Waals surface area contributed by atoms with Gasteiger partial charge in [0.05, 0.1) is 11.9 Å². The van der Waals surface area contributed by atoms with Crippen LogP contribution < -0.4 is 4.90 Å². The second-order valence-electron chi connectivity index (χ2n) is 4.31. The molecule has 0 aromatic carbocycles. The molecule has 0 N–H and O–H groups in total. The molecule has 1 saturated heterocycles. The first-order valence-electron chi connectivity index (χ1n) is 6.43. The van der Waals surface area contributed by atoms with E-state index in [0.717, 1.165) is 19.6 Å². The second-order valence-corrected chi connectivity index (χ2v) is 5.50. The van der Waals surface area contributed by atoms with Gasteiger partial charge in [0.2, 0.25) is 0 Å². The summed E-state index contributed by atoms with van der Waals surface area (Å²) >= 11 is 2.00. The van der Waals surface area contributed by atoms with Crippen LogP contribution in [0.25, 0.3) is 0 Å². The maximum absolute atomic E-state index is 4.20. The van der Waals surface area contributed by atoms with Crippen LogP contribution in [-0.4, -0.2) is 41.2 Å². The third kappa shape index (κ3) is 3.89. The van der Waals surface area contributed by atoms with E-state index in [1.165, 1.54) is 30.8 Å². The molecule has 0 unspecified atom stereocenters. The van der Waals surface area contributed by atoms with Gasteiger partial charge in [-0.2, -0.15) is 0 Å². The van der Waals surface area contributed by atoms with Crippen molar-refractivity contribution in [2.75, 3.05) is 36.8 Å². The van der Waals surface area contributed by atoms with E-state index < -0.39 is 0 Å². The Morgan fingerprint density at radius 2 is 2.24 bits per heavy atom. The van der Waals surface area contributed by atoms with Gasteiger partial charge in [0.1, 0.15) is 0 Å². The molecule has 1 fully saturated rings. The number of hydrogen-bond acceptors (Lipinski definition) is 4. The predicted molar refractivity (Wildman–Crippen MR) is 75.4 cm³/mol. The van der Waals surface area contributed by atoms with Gasteiger partial charge in [0, 0.05) is 38.1 Å². The van der Waals surface area contributed by atoms with Crippen molar-refractivity contribution in [1.29, 1.82) is 0 Å². The Balaban J connectivity index is 1.87. The Morgan fingerprint density at radius 1 is 1.29 bits per heavy atom. The monoisotopic (exact) mass is 251 g/mol. The summed E-state index contributed by atoms with van der Waals surface area (Å²) in [7, 11) is 0. The van der Waals surface area contributed by atoms with Crippen LogP contribution in [0, 0.1) is 0 Å². The minimum atomic E-state index is 1.11. The van der Waals surface area contributed by atoms with Crippen LogP contribution in [0.4, 0.5) is 5.69 Å². The third-order valence-electron chi connectivity index (χ3n) is 2.94. The summed E-state index contributed by atoms with van der Waals surface area (Å²) in [4.78, 5) is 6.64. The summed E-state index contributed by atoms with van der Waals surface area (Å²) in [6.07, 6.45) is 6.30. The number of aromatic nitrogens is 1. The van der Waals surface area contributed by atoms with Crippen LogP contribution in [0.3, 0.4) is 0 Å². The zero-order chi connectivity index (χ0) is 11.9. The molecule has 0 saturated carbocycles. The summed E-state index contributed by atoms with van der Waals surface area (Å²) in [5.41, 5.74) is 1.26. The zero-order valence-corrected chi connectivity index (χ0v) is 11.3. The van der Waals surface area contributed by atoms with Crippen LogP contribution >= 0.6 is 11.9 Å². The molecular weight excluding hydrogens is 230 g/mol. The number of nitrogens with zero attached hydrogens (tertiary/aromatic N) is 3. The number of pyridine rings is 1. The van der Waals surface area contributed by atoms with E-state index in [0.29, 0.717) is 0 Å². The molecule has 0 bridgehead atoms. The van der Waals surface area contributed by atoms with E-state index in [9.17, 15) is 0 Å². The third-order valence-corrected chi connectivity index (χ3v) is 4.27. The standard InChI is InChI=1S/C13H21N3S/c1-2-11-17-16-8-4-7-15(9-10-16)13-5-3-6-14-12-13/h3,5-6,12H,2,4,7-11H2,1H3. The highest BCUT2D eigenvalue weighted by Gasteiger charge is 2.14. The van der Waals surface area contributed by atoms with Crippen molar-refractivity contribution >= 4 is 17.6 Å². The van der Waals surface area contributed by atoms with Crippen LogP contribution in [0.2, 0.25) is 0 Å². The lowest BCUT2D eigenvalue weighted by Gasteiger charge is -2.22. The lowest BCUT2D eigenvalue weighted by Crippen LogP contribution is -2.28. The van der Waals surface area contributed by atoms with E-state index in [4.69, 9.17) is 0 Å². The fraction of sp³-hybridized carbons (Fsp3) is 0.615. The van der Waals surface area contributed by atoms with Crippen molar-refractivity contribution in [3.63, 3.8) is 0 Å². The molecule has 2 rings (SSSR count). The summed E-state index contributed by atoms with van der Waals surface area (Å²) < 4.78 is 2.51. The van der Waals surface area contributed by atoms with E-state index in [1.54, 1.807) is 0 Å². The molecule has 3 nitrogen and oxygen atoms in total. The lowest BCUT2D eigenvalue weighted by molar-refractivity contribution is 0.503. The first-order chi connectivity index (χ1) is 8.40. The smallest absolute Gasteiger partial charge is 0.0553 e. The van der Waals surface area contributed by atoms with Gasteiger partial charge in [-0.15, -0.1) is 0 Å². The average Bonchev–Trinajstić information content (AvgIpc) is 2.63. The van der Waals surface area contributed by atoms with E-state index in [-0.39, 0.29) is 0 Å². The fourth-order valence-electron chi connectivity index (χ4n) is 2.04. The second kappa shape index (κ2) is 6.87. The van der Waals surface area contributed by atoms with Gasteiger partial charge in [-0.3, -0.25) is 4.98 Å². The highest BCUT2D eigenvalue weighted by atomic mass is 32.2. The number of hydrogen-bond donors (Lipinski definition) is 0. The number of rotatable bonds is 4. The molecule has 0 atom stereocenters. The minimum Gasteiger partial charge on any atom is -0.369 e. The van der Waals surface area contributed by atoms with Crippen molar-refractivity contribution in [3.8, 4) is 0 Å². The van der Waals surface area contributed by atoms with Gasteiger partial charge in [0.15, 0.2) is 0 Å². The number of anilines is 1. The average molecular weight is 251 g/mol. The van der Waals surface area contributed by atoms with Crippen molar-refractivity contribution in [2.45, 2.75) is 19.8 Å². The van der Waals surface area contributed by atoms with Gasteiger partial charge >= 0.3 is 0 Å². The fourth-order valence-corrected chi connectivity index (χ4v) is 2.95. The van der Waals surface area contributed by atoms with Crippen LogP contribution in [-0.2, 0) is 0 Å². The first-order valence-corrected chi connectivity index (χ1v) is 7.37. The van der Waals surface area contributed by atoms with Crippen molar-refractivity contribution in [1.82, 2.24) is 9.29 Å². The van der Waals surface area contributed by atoms with Crippen molar-refractivity contribution in [3.05, 3.63) is 24.5 Å². The van der Waals surface area contributed by atoms with Crippen LogP contribution in [0.15, 0.2) is 24.5 Å². The van der Waals surface area contributed by atoms with Gasteiger partial charge in [-0.05, 0) is 25.0 Å². The topological polar surface area (TPSA) is 19.4 Å². The zero-order valence-electron chi connectivity index (χ0n) is 10.5. The Kier molecular flexibility index (Phi) is 5.13. The predicted octanol–water partition coefficient (Wildman–Crippen LogP) is 2.65. The highest BCUT2D eigenvalue weighted by molar-refractivity contribution is 7.97. The van der Waals surface area contributed by atoms with Crippen molar-refractivity contribution in [2.24, 2.45) is 0 Å². The van der Waals surface area contributed by atoms with E-state index >= 15 is 0 Å². The maximum Gasteiger partial charge on any atom is 0.0553 e. The Bertz CT molecular complexity index is 318. The van der Waals surface area contributed by atoms with Gasteiger partial charge in [-0.1, -0.05) is 18.9 Å². The van der Waals surface area contributed by atoms with E-state index in [2.05, 4.69) is 27.2 Å². The first kappa shape index (κ1) is 12.7. The summed E-state index contributed by atoms with van der Waals surface area (Å²) in [6.45, 7) is 6.87. The molecular formula is C13H21N3S. The van der Waals surface area contributed by atoms with Gasteiger partial charge in [-0.25, -0.2) is 4.31 Å². The SMILES string of the molecule is CCCSN1CCCN(c2cccnc2)CC1. The molecule has 0 spiro atoms. The lowest BCUT2D eigenvalue weighted by atomic mass is 10.3. The molecule has 0 aliphatic carbocycles. The molecule has 4 heteroatoms. The minimum absolute atomic E-state index is 1.11. The summed E-state index contributed by atoms with van der Waals surface area (Å²) in [6, 6.07) is 4.17. The van der Waals surface area contributed by atoms with Gasteiger partial charge in [0.25, 0.3) is 0 Å². The highest BCUT2D eigenvalue weighted by Crippen LogP contribution is 2.18. The maximum atomic E-state index is 4.20. The molecule has 17 heavy (non-hydrogen) atoms. The van der Waals surface area contributed by atoms with E-state index in [1.807, 2.05) is 30.4 Å². The molecule has 1 aliphatic rings. The Hall–Kier alpha value is -0.740. The quantitative estimate of drug-likeness (QED) is 0.766. The largest absolute Gasteiger partial charge is 0.369 e. The molecule has 1 aliphatic heterocycles. The molecule has 2 heterocycles. The molecule has 0 radical (unpaired) electrons. The molecule has 0 amide bonds. The summed E-state index contributed by atoms with van der Waals surface area (Å²) in [5.74, 6) is 1.24. The normalized spacial score (nSPS) is 18.1. The molecule has 1 aromatic heterocycles. The Labute approximate surface area is 108 Å². The van der Waals surface area contributed by atoms with Crippen LogP contribution in [0.5, 0.6) is 0 Å². The van der Waals surface area contributed by atoms with Crippen LogP contribution in [0.1, 0.15) is 19.8 Å². The van der Waals surface area contributed by atoms with Crippen molar-refractivity contribution < 1.29 is 0 Å². The molecule has 94 valence electrons. The molecule has 1 aromatic rings. The Morgan fingerprint density at radius 3 is 3.00 bits per heavy atom.